The van der Waals surface area contributed by atoms with Gasteiger partial charge in [0.25, 0.3) is 0 Å². The average molecular weight is 537 g/mol. The molecule has 1 saturated carbocycles. The van der Waals surface area contributed by atoms with E-state index in [1.807, 2.05) is 54.6 Å². The summed E-state index contributed by atoms with van der Waals surface area (Å²) in [5.74, 6) is 1.56. The zero-order valence-corrected chi connectivity index (χ0v) is 21.8. The predicted molar refractivity (Wildman–Crippen MR) is 145 cm³/mol. The minimum Gasteiger partial charge on any atom is -0.497 e. The fraction of sp³-hybridized carbons (Fsp3) is 0.250. The monoisotopic (exact) mass is 536 g/mol. The summed E-state index contributed by atoms with van der Waals surface area (Å²) in [6.45, 7) is 0.406. The lowest BCUT2D eigenvalue weighted by atomic mass is 9.85. The highest BCUT2D eigenvalue weighted by Gasteiger charge is 2.25. The largest absolute Gasteiger partial charge is 0.497 e. The van der Waals surface area contributed by atoms with Crippen molar-refractivity contribution >= 4 is 34.8 Å². The van der Waals surface area contributed by atoms with Gasteiger partial charge in [-0.25, -0.2) is 4.68 Å². The van der Waals surface area contributed by atoms with Gasteiger partial charge in [0, 0.05) is 23.6 Å². The maximum atomic E-state index is 12.3. The van der Waals surface area contributed by atoms with Gasteiger partial charge < -0.3 is 14.8 Å². The number of nitrogens with zero attached hydrogens (tertiary/aromatic N) is 3. The smallest absolute Gasteiger partial charge is 0.336 e. The van der Waals surface area contributed by atoms with Crippen LogP contribution in [0.15, 0.2) is 66.7 Å². The number of carbonyl (C=O) groups excluding carboxylic acids is 1. The first kappa shape index (κ1) is 25.1. The molecular formula is C28H26Cl2N4O3. The highest BCUT2D eigenvalue weighted by Crippen LogP contribution is 2.31. The van der Waals surface area contributed by atoms with Crippen molar-refractivity contribution in [2.45, 2.75) is 25.7 Å². The highest BCUT2D eigenvalue weighted by molar-refractivity contribution is 6.42. The van der Waals surface area contributed by atoms with E-state index in [1.165, 1.54) is 0 Å². The van der Waals surface area contributed by atoms with Crippen LogP contribution in [0.5, 0.6) is 11.8 Å². The van der Waals surface area contributed by atoms with Crippen LogP contribution in [0.1, 0.15) is 24.8 Å². The number of hydrogen-bond donors (Lipinski definition) is 1. The molecule has 1 aliphatic carbocycles. The topological polar surface area (TPSA) is 78.3 Å². The van der Waals surface area contributed by atoms with E-state index in [4.69, 9.17) is 32.7 Å². The molecule has 37 heavy (non-hydrogen) atoms. The van der Waals surface area contributed by atoms with Crippen LogP contribution in [0.25, 0.3) is 17.1 Å². The summed E-state index contributed by atoms with van der Waals surface area (Å²) in [6.07, 6.45) is 3.72. The Morgan fingerprint density at radius 1 is 1.03 bits per heavy atom. The van der Waals surface area contributed by atoms with Crippen molar-refractivity contribution in [3.63, 3.8) is 0 Å². The number of benzene rings is 3. The Balaban J connectivity index is 1.36. The molecule has 1 N–H and O–H groups in total. The molecule has 1 aromatic heterocycles. The quantitative estimate of drug-likeness (QED) is 0.260. The van der Waals surface area contributed by atoms with Gasteiger partial charge >= 0.3 is 6.01 Å². The third kappa shape index (κ3) is 5.89. The number of rotatable bonds is 9. The zero-order valence-electron chi connectivity index (χ0n) is 20.3. The van der Waals surface area contributed by atoms with Crippen molar-refractivity contribution in [2.24, 2.45) is 5.92 Å². The molecule has 0 atom stereocenters. The van der Waals surface area contributed by atoms with E-state index >= 15 is 0 Å². The third-order valence-electron chi connectivity index (χ3n) is 6.40. The van der Waals surface area contributed by atoms with Crippen LogP contribution in [0.4, 0.5) is 5.69 Å². The number of ether oxygens (including phenoxy) is 2. The normalized spacial score (nSPS) is 13.2. The van der Waals surface area contributed by atoms with Gasteiger partial charge in [-0.2, -0.15) is 4.98 Å². The van der Waals surface area contributed by atoms with Gasteiger partial charge in [0.05, 0.1) is 29.4 Å². The van der Waals surface area contributed by atoms with Crippen LogP contribution in [0.2, 0.25) is 10.0 Å². The van der Waals surface area contributed by atoms with Crippen molar-refractivity contribution in [1.29, 1.82) is 0 Å². The number of anilines is 1. The Hall–Kier alpha value is -3.55. The van der Waals surface area contributed by atoms with E-state index in [9.17, 15) is 4.79 Å². The summed E-state index contributed by atoms with van der Waals surface area (Å²) in [7, 11) is 1.64. The first-order chi connectivity index (χ1) is 18.0. The standard InChI is InChI=1S/C28H26Cl2N4O3/c1-36-23-12-5-18(6-13-23)15-16-37-28-32-26(20-7-14-24(29)25(30)17-20)34(33-28)22-10-8-21(9-11-22)31-27(35)19-3-2-4-19/h5-14,17,19H,2-4,15-16H2,1H3,(H,31,35). The minimum absolute atomic E-state index is 0.0730. The fourth-order valence-electron chi connectivity index (χ4n) is 4.01. The molecule has 1 amide bonds. The number of carbonyl (C=O) groups is 1. The molecule has 0 unspecified atom stereocenters. The van der Waals surface area contributed by atoms with E-state index in [0.29, 0.717) is 28.9 Å². The average Bonchev–Trinajstić information content (AvgIpc) is 3.29. The second-order valence-corrected chi connectivity index (χ2v) is 9.68. The molecule has 4 aromatic rings. The summed E-state index contributed by atoms with van der Waals surface area (Å²) in [6, 6.07) is 20.9. The van der Waals surface area contributed by atoms with Crippen molar-refractivity contribution in [3.8, 4) is 28.8 Å². The van der Waals surface area contributed by atoms with E-state index in [0.717, 1.165) is 47.5 Å². The predicted octanol–water partition coefficient (Wildman–Crippen LogP) is 6.61. The highest BCUT2D eigenvalue weighted by atomic mass is 35.5. The molecule has 0 saturated heterocycles. The minimum atomic E-state index is 0.0730. The van der Waals surface area contributed by atoms with Crippen molar-refractivity contribution in [3.05, 3.63) is 82.3 Å². The van der Waals surface area contributed by atoms with E-state index in [2.05, 4.69) is 15.4 Å². The maximum absolute atomic E-state index is 12.3. The molecule has 1 aliphatic rings. The molecule has 0 aliphatic heterocycles. The number of amides is 1. The molecular weight excluding hydrogens is 511 g/mol. The van der Waals surface area contributed by atoms with Crippen molar-refractivity contribution < 1.29 is 14.3 Å². The van der Waals surface area contributed by atoms with Crippen LogP contribution < -0.4 is 14.8 Å². The van der Waals surface area contributed by atoms with Crippen molar-refractivity contribution in [1.82, 2.24) is 14.8 Å². The zero-order chi connectivity index (χ0) is 25.8. The first-order valence-electron chi connectivity index (χ1n) is 12.1. The number of aromatic nitrogens is 3. The van der Waals surface area contributed by atoms with E-state index in [1.54, 1.807) is 23.9 Å². The van der Waals surface area contributed by atoms with Gasteiger partial charge in [0.2, 0.25) is 5.91 Å². The van der Waals surface area contributed by atoms with E-state index < -0.39 is 0 Å². The molecule has 0 radical (unpaired) electrons. The van der Waals surface area contributed by atoms with Crippen LogP contribution in [-0.2, 0) is 11.2 Å². The van der Waals surface area contributed by atoms with Crippen LogP contribution in [0.3, 0.4) is 0 Å². The Kier molecular flexibility index (Phi) is 7.63. The lowest BCUT2D eigenvalue weighted by Crippen LogP contribution is -2.27. The second kappa shape index (κ2) is 11.2. The van der Waals surface area contributed by atoms with Gasteiger partial charge in [0.15, 0.2) is 5.82 Å². The summed E-state index contributed by atoms with van der Waals surface area (Å²) in [5, 5.41) is 8.48. The molecule has 1 fully saturated rings. The van der Waals surface area contributed by atoms with Crippen LogP contribution >= 0.6 is 23.2 Å². The lowest BCUT2D eigenvalue weighted by molar-refractivity contribution is -0.122. The molecule has 0 bridgehead atoms. The molecule has 190 valence electrons. The summed E-state index contributed by atoms with van der Waals surface area (Å²) in [4.78, 5) is 16.9. The van der Waals surface area contributed by atoms with Crippen LogP contribution in [-0.4, -0.2) is 34.4 Å². The second-order valence-electron chi connectivity index (χ2n) is 8.87. The number of halogens is 2. The molecule has 5 rings (SSSR count). The maximum Gasteiger partial charge on any atom is 0.336 e. The number of nitrogens with one attached hydrogen (secondary N) is 1. The number of hydrogen-bond acceptors (Lipinski definition) is 5. The summed E-state index contributed by atoms with van der Waals surface area (Å²) >= 11 is 12.4. The van der Waals surface area contributed by atoms with Gasteiger partial charge in [0.1, 0.15) is 5.75 Å². The molecule has 0 spiro atoms. The molecule has 1 heterocycles. The fourth-order valence-corrected chi connectivity index (χ4v) is 4.31. The Labute approximate surface area is 225 Å². The Bertz CT molecular complexity index is 1380. The molecule has 7 nitrogen and oxygen atoms in total. The van der Waals surface area contributed by atoms with Crippen molar-refractivity contribution in [2.75, 3.05) is 19.0 Å². The first-order valence-corrected chi connectivity index (χ1v) is 12.9. The van der Waals surface area contributed by atoms with Gasteiger partial charge in [-0.1, -0.05) is 41.8 Å². The Morgan fingerprint density at radius 3 is 2.43 bits per heavy atom. The number of methoxy groups -OCH3 is 1. The molecule has 3 aromatic carbocycles. The van der Waals surface area contributed by atoms with Gasteiger partial charge in [-0.15, -0.1) is 5.10 Å². The lowest BCUT2D eigenvalue weighted by Gasteiger charge is -2.24. The Morgan fingerprint density at radius 2 is 1.78 bits per heavy atom. The van der Waals surface area contributed by atoms with E-state index in [-0.39, 0.29) is 17.8 Å². The third-order valence-corrected chi connectivity index (χ3v) is 7.14. The summed E-state index contributed by atoms with van der Waals surface area (Å²) < 4.78 is 12.8. The summed E-state index contributed by atoms with van der Waals surface area (Å²) in [5.41, 5.74) is 3.37. The SMILES string of the molecule is COc1ccc(CCOc2nc(-c3ccc(Cl)c(Cl)c3)n(-c3ccc(NC(=O)C4CCC4)cc3)n2)cc1. The van der Waals surface area contributed by atoms with Gasteiger partial charge in [-0.05, 0) is 73.0 Å². The molecule has 9 heteroatoms. The van der Waals surface area contributed by atoms with Crippen LogP contribution in [0, 0.1) is 5.92 Å². The van der Waals surface area contributed by atoms with Gasteiger partial charge in [-0.3, -0.25) is 4.79 Å².